The van der Waals surface area contributed by atoms with Crippen LogP contribution in [0.4, 0.5) is 4.79 Å². The Morgan fingerprint density at radius 3 is 2.52 bits per heavy atom. The summed E-state index contributed by atoms with van der Waals surface area (Å²) in [5, 5.41) is 6.21. The van der Waals surface area contributed by atoms with Crippen molar-refractivity contribution in [3.05, 3.63) is 27.9 Å². The number of amides is 3. The van der Waals surface area contributed by atoms with Crippen molar-refractivity contribution in [1.82, 2.24) is 20.1 Å². The smallest absolute Gasteiger partial charge is 0.317 e. The van der Waals surface area contributed by atoms with Crippen molar-refractivity contribution >= 4 is 23.3 Å². The van der Waals surface area contributed by atoms with E-state index in [1.54, 1.807) is 11.3 Å². The summed E-state index contributed by atoms with van der Waals surface area (Å²) in [7, 11) is 0. The number of rotatable bonds is 3. The maximum atomic E-state index is 13.2. The summed E-state index contributed by atoms with van der Waals surface area (Å²) in [6, 6.07) is 0.465. The van der Waals surface area contributed by atoms with Crippen molar-refractivity contribution < 1.29 is 9.59 Å². The SMILES string of the molecule is O=C(NC1CCCC1)N1CCC(c2nc(C(=O)N3CCCC4CCCC=C43)cs2)CC1. The number of hydrogen-bond donors (Lipinski definition) is 1. The molecule has 0 aromatic carbocycles. The Bertz CT molecular complexity index is 836. The fourth-order valence-electron chi connectivity index (χ4n) is 5.77. The molecule has 4 aliphatic rings. The van der Waals surface area contributed by atoms with Gasteiger partial charge in [0.25, 0.3) is 5.91 Å². The summed E-state index contributed by atoms with van der Waals surface area (Å²) >= 11 is 1.62. The number of hydrogen-bond acceptors (Lipinski definition) is 4. The molecule has 31 heavy (non-hydrogen) atoms. The Morgan fingerprint density at radius 1 is 0.935 bits per heavy atom. The van der Waals surface area contributed by atoms with Gasteiger partial charge >= 0.3 is 6.03 Å². The fraction of sp³-hybridized carbons (Fsp3) is 0.708. The van der Waals surface area contributed by atoms with Gasteiger partial charge in [-0.25, -0.2) is 9.78 Å². The van der Waals surface area contributed by atoms with Crippen molar-refractivity contribution in [2.75, 3.05) is 19.6 Å². The quantitative estimate of drug-likeness (QED) is 0.724. The number of nitrogens with one attached hydrogen (secondary N) is 1. The zero-order valence-electron chi connectivity index (χ0n) is 18.4. The van der Waals surface area contributed by atoms with E-state index in [9.17, 15) is 9.59 Å². The number of aromatic nitrogens is 1. The van der Waals surface area contributed by atoms with Crippen LogP contribution in [0.2, 0.25) is 0 Å². The van der Waals surface area contributed by atoms with E-state index in [1.165, 1.54) is 37.8 Å². The Balaban J connectivity index is 1.18. The molecule has 3 amide bonds. The Morgan fingerprint density at radius 2 is 1.71 bits per heavy atom. The average Bonchev–Trinajstić information content (AvgIpc) is 3.51. The lowest BCUT2D eigenvalue weighted by atomic mass is 9.85. The molecular formula is C24H34N4O2S. The predicted octanol–water partition coefficient (Wildman–Crippen LogP) is 4.89. The molecule has 1 saturated carbocycles. The van der Waals surface area contributed by atoms with Crippen LogP contribution in [-0.2, 0) is 0 Å². The highest BCUT2D eigenvalue weighted by Crippen LogP contribution is 2.36. The lowest BCUT2D eigenvalue weighted by Crippen LogP contribution is -2.47. The minimum absolute atomic E-state index is 0.0775. The van der Waals surface area contributed by atoms with E-state index < -0.39 is 0 Å². The van der Waals surface area contributed by atoms with E-state index in [1.807, 2.05) is 15.2 Å². The van der Waals surface area contributed by atoms with Gasteiger partial charge in [0.05, 0.1) is 5.01 Å². The van der Waals surface area contributed by atoms with Crippen LogP contribution in [0.1, 0.15) is 92.0 Å². The van der Waals surface area contributed by atoms with Crippen molar-refractivity contribution in [3.63, 3.8) is 0 Å². The molecular weight excluding hydrogens is 408 g/mol. The van der Waals surface area contributed by atoms with Gasteiger partial charge in [-0.05, 0) is 63.7 Å². The molecule has 0 radical (unpaired) electrons. The fourth-order valence-corrected chi connectivity index (χ4v) is 6.74. The standard InChI is InChI=1S/C24H34N4O2S/c29-23(28-13-5-7-17-6-1-4-10-21(17)28)20-16-31-22(26-20)18-11-14-27(15-12-18)24(30)25-19-8-2-3-9-19/h10,16-19H,1-9,11-15H2,(H,25,30). The molecule has 3 heterocycles. The van der Waals surface area contributed by atoms with E-state index in [2.05, 4.69) is 11.4 Å². The van der Waals surface area contributed by atoms with Crippen LogP contribution in [0, 0.1) is 5.92 Å². The monoisotopic (exact) mass is 442 g/mol. The van der Waals surface area contributed by atoms with Gasteiger partial charge in [0.15, 0.2) is 0 Å². The molecule has 2 aliphatic carbocycles. The van der Waals surface area contributed by atoms with Crippen LogP contribution < -0.4 is 5.32 Å². The molecule has 0 spiro atoms. The van der Waals surface area contributed by atoms with Crippen molar-refractivity contribution in [1.29, 1.82) is 0 Å². The second-order valence-corrected chi connectivity index (χ2v) is 10.5. The van der Waals surface area contributed by atoms with Gasteiger partial charge in [0.1, 0.15) is 5.69 Å². The van der Waals surface area contributed by atoms with Crippen LogP contribution in [0.15, 0.2) is 17.2 Å². The molecule has 1 atom stereocenters. The number of allylic oxidation sites excluding steroid dienone is 2. The number of carbonyl (C=O) groups excluding carboxylic acids is 2. The van der Waals surface area contributed by atoms with Gasteiger partial charge in [0.2, 0.25) is 0 Å². The highest BCUT2D eigenvalue weighted by atomic mass is 32.1. The van der Waals surface area contributed by atoms with E-state index in [0.717, 1.165) is 63.2 Å². The van der Waals surface area contributed by atoms with E-state index in [-0.39, 0.29) is 11.9 Å². The van der Waals surface area contributed by atoms with Crippen LogP contribution in [-0.4, -0.2) is 52.4 Å². The zero-order valence-corrected chi connectivity index (χ0v) is 19.2. The molecule has 7 heteroatoms. The summed E-state index contributed by atoms with van der Waals surface area (Å²) in [4.78, 5) is 34.5. The molecule has 2 aliphatic heterocycles. The predicted molar refractivity (Wildman–Crippen MR) is 122 cm³/mol. The number of urea groups is 1. The first-order valence-electron chi connectivity index (χ1n) is 12.2. The zero-order chi connectivity index (χ0) is 21.2. The summed E-state index contributed by atoms with van der Waals surface area (Å²) in [5.41, 5.74) is 1.85. The lowest BCUT2D eigenvalue weighted by Gasteiger charge is -2.37. The normalized spacial score (nSPS) is 25.3. The first-order chi connectivity index (χ1) is 15.2. The second kappa shape index (κ2) is 9.31. The summed E-state index contributed by atoms with van der Waals surface area (Å²) in [6.07, 6.45) is 14.7. The first-order valence-corrected chi connectivity index (χ1v) is 13.1. The van der Waals surface area contributed by atoms with Gasteiger partial charge in [-0.15, -0.1) is 11.3 Å². The van der Waals surface area contributed by atoms with Crippen LogP contribution in [0.3, 0.4) is 0 Å². The number of likely N-dealkylation sites (tertiary alicyclic amines) is 2. The van der Waals surface area contributed by atoms with Gasteiger partial charge in [0, 0.05) is 42.7 Å². The van der Waals surface area contributed by atoms with Gasteiger partial charge in [-0.2, -0.15) is 0 Å². The maximum absolute atomic E-state index is 13.2. The molecule has 1 aromatic heterocycles. The third kappa shape index (κ3) is 4.52. The molecule has 1 aromatic rings. The van der Waals surface area contributed by atoms with Gasteiger partial charge < -0.3 is 15.1 Å². The van der Waals surface area contributed by atoms with Crippen molar-refractivity contribution in [2.45, 2.75) is 82.6 Å². The number of fused-ring (bicyclic) bond motifs is 1. The van der Waals surface area contributed by atoms with Crippen LogP contribution >= 0.6 is 11.3 Å². The Kier molecular flexibility index (Phi) is 6.30. The largest absolute Gasteiger partial charge is 0.335 e. The molecule has 1 N–H and O–H groups in total. The molecule has 1 unspecified atom stereocenters. The second-order valence-electron chi connectivity index (χ2n) is 9.62. The molecule has 168 valence electrons. The lowest BCUT2D eigenvalue weighted by molar-refractivity contribution is 0.0743. The van der Waals surface area contributed by atoms with E-state index in [0.29, 0.717) is 23.6 Å². The van der Waals surface area contributed by atoms with E-state index >= 15 is 0 Å². The maximum Gasteiger partial charge on any atom is 0.317 e. The Labute approximate surface area is 189 Å². The molecule has 3 fully saturated rings. The third-order valence-electron chi connectivity index (χ3n) is 7.57. The van der Waals surface area contributed by atoms with Gasteiger partial charge in [-0.1, -0.05) is 18.9 Å². The summed E-state index contributed by atoms with van der Waals surface area (Å²) in [5.74, 6) is 0.989. The number of piperidine rings is 2. The molecule has 0 bridgehead atoms. The summed E-state index contributed by atoms with van der Waals surface area (Å²) in [6.45, 7) is 2.36. The van der Waals surface area contributed by atoms with E-state index in [4.69, 9.17) is 4.98 Å². The minimum atomic E-state index is 0.0775. The van der Waals surface area contributed by atoms with Crippen molar-refractivity contribution in [3.8, 4) is 0 Å². The molecule has 6 nitrogen and oxygen atoms in total. The highest BCUT2D eigenvalue weighted by Gasteiger charge is 2.33. The Hall–Kier alpha value is -1.89. The topological polar surface area (TPSA) is 65.5 Å². The van der Waals surface area contributed by atoms with Crippen molar-refractivity contribution in [2.24, 2.45) is 5.92 Å². The third-order valence-corrected chi connectivity index (χ3v) is 8.58. The number of nitrogens with zero attached hydrogens (tertiary/aromatic N) is 3. The minimum Gasteiger partial charge on any atom is -0.335 e. The summed E-state index contributed by atoms with van der Waals surface area (Å²) < 4.78 is 0. The number of thiazole rings is 1. The first kappa shape index (κ1) is 21.0. The van der Waals surface area contributed by atoms with Gasteiger partial charge in [-0.3, -0.25) is 4.79 Å². The van der Waals surface area contributed by atoms with Crippen LogP contribution in [0.5, 0.6) is 0 Å². The molecule has 2 saturated heterocycles. The number of carbonyl (C=O) groups is 2. The average molecular weight is 443 g/mol. The molecule has 5 rings (SSSR count). The van der Waals surface area contributed by atoms with Crippen LogP contribution in [0.25, 0.3) is 0 Å². The highest BCUT2D eigenvalue weighted by molar-refractivity contribution is 7.09.